The SMILES string of the molecule is Cc1cc(Oc2cc(NC(=O)C3CC3)ncn2)ccc1CC(=O)Cc1ccc(Cl)c(C(C)(F)F)c1. The van der Waals surface area contributed by atoms with Crippen molar-refractivity contribution in [1.29, 1.82) is 0 Å². The van der Waals surface area contributed by atoms with Crippen molar-refractivity contribution in [3.05, 3.63) is 76.1 Å². The first-order chi connectivity index (χ1) is 16.6. The molecule has 0 saturated heterocycles. The molecular formula is C26H24ClF2N3O3. The number of aromatic nitrogens is 2. The van der Waals surface area contributed by atoms with Crippen LogP contribution in [0, 0.1) is 12.8 Å². The predicted molar refractivity (Wildman–Crippen MR) is 128 cm³/mol. The lowest BCUT2D eigenvalue weighted by atomic mass is 9.97. The number of Topliss-reactive ketones (excluding diaryl/α,β-unsaturated/α-hetero) is 1. The van der Waals surface area contributed by atoms with E-state index in [0.717, 1.165) is 30.9 Å². The molecule has 2 aromatic carbocycles. The molecule has 1 amide bonds. The maximum Gasteiger partial charge on any atom is 0.271 e. The molecule has 0 radical (unpaired) electrons. The topological polar surface area (TPSA) is 81.2 Å². The number of carbonyl (C=O) groups is 2. The average Bonchev–Trinajstić information content (AvgIpc) is 3.62. The fourth-order valence-corrected chi connectivity index (χ4v) is 3.89. The van der Waals surface area contributed by atoms with E-state index >= 15 is 0 Å². The molecular weight excluding hydrogens is 476 g/mol. The summed E-state index contributed by atoms with van der Waals surface area (Å²) in [4.78, 5) is 32.7. The van der Waals surface area contributed by atoms with E-state index < -0.39 is 5.92 Å². The van der Waals surface area contributed by atoms with Crippen LogP contribution in [0.25, 0.3) is 0 Å². The van der Waals surface area contributed by atoms with E-state index in [1.807, 2.05) is 6.92 Å². The van der Waals surface area contributed by atoms with Crippen LogP contribution in [0.3, 0.4) is 0 Å². The lowest BCUT2D eigenvalue weighted by Gasteiger charge is -2.14. The van der Waals surface area contributed by atoms with Crippen molar-refractivity contribution >= 4 is 29.1 Å². The minimum Gasteiger partial charge on any atom is -0.439 e. The summed E-state index contributed by atoms with van der Waals surface area (Å²) in [5.41, 5.74) is 1.84. The Morgan fingerprint density at radius 3 is 2.57 bits per heavy atom. The third-order valence-corrected chi connectivity index (χ3v) is 6.00. The highest BCUT2D eigenvalue weighted by molar-refractivity contribution is 6.31. The first-order valence-electron chi connectivity index (χ1n) is 11.2. The van der Waals surface area contributed by atoms with Crippen LogP contribution in [0.4, 0.5) is 14.6 Å². The molecule has 3 aromatic rings. The maximum absolute atomic E-state index is 13.7. The van der Waals surface area contributed by atoms with Crippen molar-refractivity contribution in [1.82, 2.24) is 9.97 Å². The number of aryl methyl sites for hydroxylation is 1. The number of benzene rings is 2. The molecule has 9 heteroatoms. The molecule has 0 unspecified atom stereocenters. The summed E-state index contributed by atoms with van der Waals surface area (Å²) >= 11 is 5.88. The number of carbonyl (C=O) groups excluding carboxylic acids is 2. The van der Waals surface area contributed by atoms with E-state index in [1.165, 1.54) is 18.5 Å². The number of hydrogen-bond donors (Lipinski definition) is 1. The lowest BCUT2D eigenvalue weighted by molar-refractivity contribution is -0.118. The molecule has 1 aromatic heterocycles. The number of halogens is 3. The molecule has 1 N–H and O–H groups in total. The molecule has 182 valence electrons. The summed E-state index contributed by atoms with van der Waals surface area (Å²) in [5, 5.41) is 2.72. The van der Waals surface area contributed by atoms with Gasteiger partial charge in [-0.15, -0.1) is 0 Å². The third-order valence-electron chi connectivity index (χ3n) is 5.67. The summed E-state index contributed by atoms with van der Waals surface area (Å²) in [7, 11) is 0. The molecule has 4 rings (SSSR count). The zero-order chi connectivity index (χ0) is 25.2. The number of ketones is 1. The maximum atomic E-state index is 13.7. The molecule has 1 fully saturated rings. The standard InChI is InChI=1S/C26H24ClF2N3O3/c1-15-9-20(35-24-13-23(30-14-31-24)32-25(34)17-4-5-17)7-6-18(15)12-19(33)10-16-3-8-22(27)21(11-16)26(2,28)29/h3,6-9,11,13-14,17H,4-5,10,12H2,1-2H3,(H,30,31,32,34). The molecule has 0 bridgehead atoms. The van der Waals surface area contributed by atoms with Crippen LogP contribution in [0.5, 0.6) is 11.6 Å². The third kappa shape index (κ3) is 6.60. The quantitative estimate of drug-likeness (QED) is 0.388. The summed E-state index contributed by atoms with van der Waals surface area (Å²) < 4.78 is 33.3. The zero-order valence-corrected chi connectivity index (χ0v) is 20.0. The Hall–Kier alpha value is -3.39. The van der Waals surface area contributed by atoms with Crippen LogP contribution >= 0.6 is 11.6 Å². The Labute approximate surface area is 206 Å². The van der Waals surface area contributed by atoms with Crippen LogP contribution in [-0.4, -0.2) is 21.7 Å². The summed E-state index contributed by atoms with van der Waals surface area (Å²) in [6.07, 6.45) is 3.27. The van der Waals surface area contributed by atoms with Crippen LogP contribution < -0.4 is 10.1 Å². The van der Waals surface area contributed by atoms with E-state index in [2.05, 4.69) is 15.3 Å². The van der Waals surface area contributed by atoms with Gasteiger partial charge in [-0.1, -0.05) is 23.7 Å². The monoisotopic (exact) mass is 499 g/mol. The highest BCUT2D eigenvalue weighted by Crippen LogP contribution is 2.34. The minimum absolute atomic E-state index is 0.0221. The van der Waals surface area contributed by atoms with Gasteiger partial charge >= 0.3 is 0 Å². The van der Waals surface area contributed by atoms with Crippen molar-refractivity contribution in [2.75, 3.05) is 5.32 Å². The van der Waals surface area contributed by atoms with Gasteiger partial charge in [0.25, 0.3) is 5.92 Å². The van der Waals surface area contributed by atoms with E-state index in [9.17, 15) is 18.4 Å². The Bertz CT molecular complexity index is 1270. The van der Waals surface area contributed by atoms with Crippen LogP contribution in [0.15, 0.2) is 48.8 Å². The fraction of sp³-hybridized carbons (Fsp3) is 0.308. The van der Waals surface area contributed by atoms with E-state index in [1.54, 1.807) is 30.3 Å². The van der Waals surface area contributed by atoms with Gasteiger partial charge in [0.1, 0.15) is 23.7 Å². The Balaban J connectivity index is 1.39. The molecule has 1 saturated carbocycles. The van der Waals surface area contributed by atoms with E-state index in [-0.39, 0.29) is 46.9 Å². The number of rotatable bonds is 9. The smallest absolute Gasteiger partial charge is 0.271 e. The summed E-state index contributed by atoms with van der Waals surface area (Å²) in [5.74, 6) is -2.03. The van der Waals surface area contributed by atoms with Gasteiger partial charge in [0.2, 0.25) is 11.8 Å². The molecule has 6 nitrogen and oxygen atoms in total. The molecule has 1 heterocycles. The number of ether oxygens (including phenoxy) is 1. The van der Waals surface area contributed by atoms with Crippen LogP contribution in [0.2, 0.25) is 5.02 Å². The Morgan fingerprint density at radius 1 is 1.11 bits per heavy atom. The molecule has 0 spiro atoms. The lowest BCUT2D eigenvalue weighted by Crippen LogP contribution is -2.14. The van der Waals surface area contributed by atoms with E-state index in [0.29, 0.717) is 17.1 Å². The molecule has 0 aliphatic heterocycles. The summed E-state index contributed by atoms with van der Waals surface area (Å²) in [6, 6.07) is 11.1. The highest BCUT2D eigenvalue weighted by Gasteiger charge is 2.30. The van der Waals surface area contributed by atoms with Crippen LogP contribution in [0.1, 0.15) is 42.0 Å². The number of nitrogens with zero attached hydrogens (tertiary/aromatic N) is 2. The first kappa shape index (κ1) is 24.7. The second-order valence-corrected chi connectivity index (χ2v) is 9.20. The normalized spacial score (nSPS) is 13.4. The molecule has 1 aliphatic rings. The molecule has 35 heavy (non-hydrogen) atoms. The number of alkyl halides is 2. The van der Waals surface area contributed by atoms with Gasteiger partial charge in [0, 0.05) is 42.3 Å². The van der Waals surface area contributed by atoms with Gasteiger partial charge in [0.05, 0.1) is 0 Å². The second-order valence-electron chi connectivity index (χ2n) is 8.79. The van der Waals surface area contributed by atoms with Crippen molar-refractivity contribution < 1.29 is 23.1 Å². The van der Waals surface area contributed by atoms with Gasteiger partial charge in [0.15, 0.2) is 0 Å². The van der Waals surface area contributed by atoms with Crippen LogP contribution in [-0.2, 0) is 28.4 Å². The minimum atomic E-state index is -3.09. The zero-order valence-electron chi connectivity index (χ0n) is 19.3. The fourth-order valence-electron chi connectivity index (χ4n) is 3.61. The molecule has 0 atom stereocenters. The second kappa shape index (κ2) is 10.1. The van der Waals surface area contributed by atoms with Gasteiger partial charge < -0.3 is 10.1 Å². The average molecular weight is 500 g/mol. The highest BCUT2D eigenvalue weighted by atomic mass is 35.5. The van der Waals surface area contributed by atoms with Gasteiger partial charge in [-0.2, -0.15) is 0 Å². The van der Waals surface area contributed by atoms with E-state index in [4.69, 9.17) is 16.3 Å². The Morgan fingerprint density at radius 2 is 1.89 bits per heavy atom. The number of hydrogen-bond acceptors (Lipinski definition) is 5. The first-order valence-corrected chi connectivity index (χ1v) is 11.5. The van der Waals surface area contributed by atoms with Crippen molar-refractivity contribution in [2.24, 2.45) is 5.92 Å². The number of amides is 1. The summed E-state index contributed by atoms with van der Waals surface area (Å²) in [6.45, 7) is 2.63. The van der Waals surface area contributed by atoms with Gasteiger partial charge in [-0.3, -0.25) is 9.59 Å². The van der Waals surface area contributed by atoms with Crippen molar-refractivity contribution in [3.63, 3.8) is 0 Å². The Kier molecular flexibility index (Phi) is 7.12. The van der Waals surface area contributed by atoms with Gasteiger partial charge in [-0.25, -0.2) is 18.7 Å². The van der Waals surface area contributed by atoms with Gasteiger partial charge in [-0.05, 0) is 60.7 Å². The predicted octanol–water partition coefficient (Wildman–Crippen LogP) is 6.05. The van der Waals surface area contributed by atoms with Crippen molar-refractivity contribution in [2.45, 2.75) is 45.5 Å². The largest absolute Gasteiger partial charge is 0.439 e. The van der Waals surface area contributed by atoms with Crippen molar-refractivity contribution in [3.8, 4) is 11.6 Å². The molecule has 1 aliphatic carbocycles. The number of nitrogens with one attached hydrogen (secondary N) is 1. The number of anilines is 1.